The topological polar surface area (TPSA) is 36.3 Å². The van der Waals surface area contributed by atoms with Crippen LogP contribution >= 0.6 is 11.6 Å². The zero-order valence-corrected chi connectivity index (χ0v) is 13.2. The lowest BCUT2D eigenvalue weighted by Crippen LogP contribution is -2.41. The summed E-state index contributed by atoms with van der Waals surface area (Å²) in [5, 5.41) is 5.80. The second kappa shape index (κ2) is 4.23. The molecule has 0 amide bonds. The number of fused-ring (bicyclic) bond motifs is 1. The quantitative estimate of drug-likeness (QED) is 0.758. The van der Waals surface area contributed by atoms with Crippen molar-refractivity contribution in [3.63, 3.8) is 0 Å². The molecule has 1 aliphatic heterocycles. The molecule has 1 fully saturated rings. The van der Waals surface area contributed by atoms with Crippen LogP contribution in [0.2, 0.25) is 5.02 Å². The van der Waals surface area contributed by atoms with E-state index >= 15 is 0 Å². The van der Waals surface area contributed by atoms with Crippen LogP contribution in [0.4, 0.5) is 0 Å². The summed E-state index contributed by atoms with van der Waals surface area (Å²) in [5.41, 5.74) is 1.11. The molecule has 3 rings (SSSR count). The highest BCUT2D eigenvalue weighted by Gasteiger charge is 2.52. The first-order chi connectivity index (χ1) is 9.23. The van der Waals surface area contributed by atoms with Crippen LogP contribution in [0.1, 0.15) is 27.7 Å². The Morgan fingerprint density at radius 3 is 2.35 bits per heavy atom. The van der Waals surface area contributed by atoms with Crippen LogP contribution in [-0.4, -0.2) is 28.1 Å². The van der Waals surface area contributed by atoms with Gasteiger partial charge in [0.2, 0.25) is 0 Å². The van der Waals surface area contributed by atoms with Crippen LogP contribution in [0.25, 0.3) is 10.9 Å². The summed E-state index contributed by atoms with van der Waals surface area (Å²) < 4.78 is 13.9. The lowest BCUT2D eigenvalue weighted by Gasteiger charge is -2.32. The van der Waals surface area contributed by atoms with Crippen molar-refractivity contribution in [1.82, 2.24) is 9.78 Å². The van der Waals surface area contributed by atoms with Gasteiger partial charge >= 0.3 is 7.12 Å². The Labute approximate surface area is 124 Å². The predicted molar refractivity (Wildman–Crippen MR) is 81.4 cm³/mol. The van der Waals surface area contributed by atoms with Gasteiger partial charge in [-0.1, -0.05) is 17.7 Å². The van der Waals surface area contributed by atoms with Crippen molar-refractivity contribution in [2.24, 2.45) is 7.05 Å². The Bertz CT molecular complexity index is 665. The predicted octanol–water partition coefficient (Wildman–Crippen LogP) is 2.53. The molecular weight excluding hydrogens is 274 g/mol. The third kappa shape index (κ3) is 1.88. The number of aromatic nitrogens is 2. The van der Waals surface area contributed by atoms with E-state index in [2.05, 4.69) is 5.10 Å². The number of aryl methyl sites for hydroxylation is 1. The maximum Gasteiger partial charge on any atom is 0.496 e. The fourth-order valence-corrected chi connectivity index (χ4v) is 2.66. The minimum absolute atomic E-state index is 0.370. The zero-order valence-electron chi connectivity index (χ0n) is 12.4. The summed E-state index contributed by atoms with van der Waals surface area (Å²) >= 11 is 6.51. The maximum atomic E-state index is 6.51. The maximum absolute atomic E-state index is 6.51. The molecule has 0 bridgehead atoms. The summed E-state index contributed by atoms with van der Waals surface area (Å²) in [4.78, 5) is 0. The molecule has 1 aromatic heterocycles. The summed E-state index contributed by atoms with van der Waals surface area (Å²) in [6.07, 6.45) is 1.77. The summed E-state index contributed by atoms with van der Waals surface area (Å²) in [6.45, 7) is 8.13. The van der Waals surface area contributed by atoms with Crippen molar-refractivity contribution in [3.8, 4) is 0 Å². The van der Waals surface area contributed by atoms with E-state index < -0.39 is 7.12 Å². The monoisotopic (exact) mass is 292 g/mol. The second-order valence-corrected chi connectivity index (χ2v) is 6.64. The molecule has 4 nitrogen and oxygen atoms in total. The van der Waals surface area contributed by atoms with E-state index in [0.29, 0.717) is 5.02 Å². The van der Waals surface area contributed by atoms with Crippen molar-refractivity contribution in [3.05, 3.63) is 23.4 Å². The van der Waals surface area contributed by atoms with Gasteiger partial charge in [-0.25, -0.2) is 0 Å². The van der Waals surface area contributed by atoms with Crippen LogP contribution in [0.3, 0.4) is 0 Å². The first kappa shape index (κ1) is 13.9. The van der Waals surface area contributed by atoms with E-state index in [1.54, 1.807) is 10.9 Å². The number of hydrogen-bond donors (Lipinski definition) is 0. The van der Waals surface area contributed by atoms with E-state index in [1.165, 1.54) is 0 Å². The van der Waals surface area contributed by atoms with Gasteiger partial charge in [0.05, 0.1) is 27.9 Å². The van der Waals surface area contributed by atoms with Gasteiger partial charge < -0.3 is 9.31 Å². The molecule has 0 saturated carbocycles. The second-order valence-electron chi connectivity index (χ2n) is 6.26. The normalized spacial score (nSPS) is 20.8. The minimum atomic E-state index is -0.447. The number of benzene rings is 1. The summed E-state index contributed by atoms with van der Waals surface area (Å²) in [5.74, 6) is 0. The molecule has 0 unspecified atom stereocenters. The van der Waals surface area contributed by atoms with Gasteiger partial charge in [0.25, 0.3) is 0 Å². The van der Waals surface area contributed by atoms with Crippen LogP contribution < -0.4 is 5.46 Å². The highest BCUT2D eigenvalue weighted by molar-refractivity contribution is 6.66. The van der Waals surface area contributed by atoms with Gasteiger partial charge in [0.1, 0.15) is 0 Å². The van der Waals surface area contributed by atoms with Crippen LogP contribution in [-0.2, 0) is 16.4 Å². The molecule has 0 aliphatic carbocycles. The number of hydrogen-bond acceptors (Lipinski definition) is 3. The van der Waals surface area contributed by atoms with E-state index in [9.17, 15) is 0 Å². The van der Waals surface area contributed by atoms with E-state index in [-0.39, 0.29) is 11.2 Å². The average molecular weight is 293 g/mol. The Kier molecular flexibility index (Phi) is 2.94. The van der Waals surface area contributed by atoms with Crippen LogP contribution in [0, 0.1) is 0 Å². The van der Waals surface area contributed by atoms with Gasteiger partial charge in [-0.15, -0.1) is 0 Å². The Balaban J connectivity index is 2.06. The molecule has 0 atom stereocenters. The van der Waals surface area contributed by atoms with Crippen molar-refractivity contribution < 1.29 is 9.31 Å². The molecule has 0 N–H and O–H groups in total. The average Bonchev–Trinajstić information content (AvgIpc) is 2.79. The van der Waals surface area contributed by atoms with Crippen molar-refractivity contribution in [1.29, 1.82) is 0 Å². The molecule has 2 heterocycles. The van der Waals surface area contributed by atoms with Gasteiger partial charge in [-0.05, 0) is 33.8 Å². The highest BCUT2D eigenvalue weighted by Crippen LogP contribution is 2.37. The molecule has 0 radical (unpaired) electrons. The third-order valence-electron chi connectivity index (χ3n) is 4.40. The molecule has 6 heteroatoms. The molecule has 2 aromatic rings. The lowest BCUT2D eigenvalue weighted by molar-refractivity contribution is 0.00578. The largest absolute Gasteiger partial charge is 0.496 e. The lowest BCUT2D eigenvalue weighted by atomic mass is 9.78. The van der Waals surface area contributed by atoms with Gasteiger partial charge in [-0.2, -0.15) is 5.10 Å². The molecule has 1 aliphatic rings. The molecular formula is C14H18BClN2O2. The van der Waals surface area contributed by atoms with Crippen LogP contribution in [0.15, 0.2) is 18.3 Å². The number of nitrogens with zero attached hydrogens (tertiary/aromatic N) is 2. The van der Waals surface area contributed by atoms with Crippen molar-refractivity contribution >= 4 is 35.1 Å². The number of rotatable bonds is 1. The number of halogens is 1. The highest BCUT2D eigenvalue weighted by atomic mass is 35.5. The summed E-state index contributed by atoms with van der Waals surface area (Å²) in [6, 6.07) is 3.95. The Hall–Kier alpha value is -1.04. The first-order valence-electron chi connectivity index (χ1n) is 6.69. The van der Waals surface area contributed by atoms with E-state index in [4.69, 9.17) is 20.9 Å². The SMILES string of the molecule is Cn1ncc2c(Cl)c(B3OC(C)(C)C(C)(C)O3)ccc21. The van der Waals surface area contributed by atoms with Crippen LogP contribution in [0.5, 0.6) is 0 Å². The fraction of sp³-hybridized carbons (Fsp3) is 0.500. The third-order valence-corrected chi connectivity index (χ3v) is 4.82. The fourth-order valence-electron chi connectivity index (χ4n) is 2.36. The minimum Gasteiger partial charge on any atom is -0.399 e. The molecule has 106 valence electrons. The standard InChI is InChI=1S/C14H18BClN2O2/c1-13(2)14(3,4)20-15(19-13)10-6-7-11-9(12(10)16)8-17-18(11)5/h6-8H,1-5H3. The molecule has 1 aromatic carbocycles. The Morgan fingerprint density at radius 2 is 1.75 bits per heavy atom. The van der Waals surface area contributed by atoms with Crippen molar-refractivity contribution in [2.75, 3.05) is 0 Å². The zero-order chi connectivity index (χ0) is 14.7. The molecule has 20 heavy (non-hydrogen) atoms. The smallest absolute Gasteiger partial charge is 0.399 e. The van der Waals surface area contributed by atoms with Gasteiger partial charge in [0, 0.05) is 17.9 Å². The molecule has 1 saturated heterocycles. The van der Waals surface area contributed by atoms with Crippen molar-refractivity contribution in [2.45, 2.75) is 38.9 Å². The van der Waals surface area contributed by atoms with Gasteiger partial charge in [-0.3, -0.25) is 4.68 Å². The van der Waals surface area contributed by atoms with E-state index in [0.717, 1.165) is 16.4 Å². The summed E-state index contributed by atoms with van der Waals surface area (Å²) in [7, 11) is 1.45. The first-order valence-corrected chi connectivity index (χ1v) is 7.06. The Morgan fingerprint density at radius 1 is 1.15 bits per heavy atom. The molecule has 0 spiro atoms. The van der Waals surface area contributed by atoms with E-state index in [1.807, 2.05) is 46.9 Å². The van der Waals surface area contributed by atoms with Gasteiger partial charge in [0.15, 0.2) is 0 Å².